The number of hydrogen-bond donors (Lipinski definition) is 0. The van der Waals surface area contributed by atoms with Crippen LogP contribution in [0.3, 0.4) is 0 Å². The Bertz CT molecular complexity index is 1240. The average Bonchev–Trinajstić information content (AvgIpc) is 3.09. The molecule has 31 heavy (non-hydrogen) atoms. The van der Waals surface area contributed by atoms with Crippen LogP contribution < -0.4 is 15.2 Å². The SMILES string of the molecule is Cc1scc(C(=O)[O-])c1C1=C2C=CC(=[N+](C)C)C=C2[Si](C)(C)c2cc(N(C)C)ccc21. The summed E-state index contributed by atoms with van der Waals surface area (Å²) in [4.78, 5) is 15.1. The standard InChI is InChI=1S/C25H28N2O2SSi/c1-15-23(20(14-30-15)25(28)29)24-18-10-8-16(26(2)3)12-21(18)31(6,7)22-13-17(27(4)5)9-11-19(22)24/h8-14H,1-7H3. The predicted molar refractivity (Wildman–Crippen MR) is 132 cm³/mol. The summed E-state index contributed by atoms with van der Waals surface area (Å²) in [6, 6.07) is 6.60. The van der Waals surface area contributed by atoms with E-state index in [1.54, 1.807) is 5.38 Å². The van der Waals surface area contributed by atoms with Gasteiger partial charge in [-0.25, -0.2) is 4.58 Å². The number of fused-ring (bicyclic) bond motifs is 2. The Balaban J connectivity index is 2.15. The van der Waals surface area contributed by atoms with Gasteiger partial charge in [0.05, 0.1) is 5.97 Å². The van der Waals surface area contributed by atoms with Crippen molar-refractivity contribution in [1.29, 1.82) is 0 Å². The Hall–Kier alpha value is -2.70. The van der Waals surface area contributed by atoms with Crippen LogP contribution >= 0.6 is 11.3 Å². The third kappa shape index (κ3) is 3.34. The van der Waals surface area contributed by atoms with E-state index in [0.717, 1.165) is 38.5 Å². The minimum atomic E-state index is -2.04. The van der Waals surface area contributed by atoms with Gasteiger partial charge in [0.2, 0.25) is 0 Å². The van der Waals surface area contributed by atoms with E-state index in [9.17, 15) is 9.90 Å². The fourth-order valence-corrected chi connectivity index (χ4v) is 8.48. The molecule has 1 aromatic carbocycles. The molecule has 2 aromatic rings. The molecule has 0 spiro atoms. The molecule has 2 aliphatic rings. The first-order chi connectivity index (χ1) is 14.5. The lowest BCUT2D eigenvalue weighted by molar-refractivity contribution is -0.462. The predicted octanol–water partition coefficient (Wildman–Crippen LogP) is 2.97. The molecule has 160 valence electrons. The number of carboxylic acid groups (broad SMARTS) is 1. The van der Waals surface area contributed by atoms with Crippen LogP contribution in [0.5, 0.6) is 0 Å². The van der Waals surface area contributed by atoms with Gasteiger partial charge in [0.15, 0.2) is 5.71 Å². The number of hydrogen-bond acceptors (Lipinski definition) is 4. The molecule has 2 heterocycles. The second-order valence-corrected chi connectivity index (χ2v) is 14.5. The third-order valence-corrected chi connectivity index (χ3v) is 10.8. The lowest BCUT2D eigenvalue weighted by Gasteiger charge is -2.38. The molecule has 0 amide bonds. The lowest BCUT2D eigenvalue weighted by Crippen LogP contribution is -2.50. The lowest BCUT2D eigenvalue weighted by atomic mass is 9.88. The highest BCUT2D eigenvalue weighted by Gasteiger charge is 2.41. The maximum Gasteiger partial charge on any atom is 0.199 e. The van der Waals surface area contributed by atoms with Gasteiger partial charge >= 0.3 is 0 Å². The zero-order valence-corrected chi connectivity index (χ0v) is 21.0. The van der Waals surface area contributed by atoms with Gasteiger partial charge in [0.25, 0.3) is 0 Å². The monoisotopic (exact) mass is 448 g/mol. The van der Waals surface area contributed by atoms with Crippen LogP contribution in [0, 0.1) is 6.92 Å². The summed E-state index contributed by atoms with van der Waals surface area (Å²) in [5.74, 6) is -1.12. The normalized spacial score (nSPS) is 16.6. The first-order valence-electron chi connectivity index (χ1n) is 10.3. The third-order valence-electron chi connectivity index (χ3n) is 6.37. The number of carbonyl (C=O) groups excluding carboxylic acids is 1. The van der Waals surface area contributed by atoms with E-state index in [0.29, 0.717) is 0 Å². The molecular weight excluding hydrogens is 420 g/mol. The average molecular weight is 449 g/mol. The van der Waals surface area contributed by atoms with Gasteiger partial charge in [0, 0.05) is 53.3 Å². The molecule has 0 radical (unpaired) electrons. The number of nitrogens with zero attached hydrogens (tertiary/aromatic N) is 2. The van der Waals surface area contributed by atoms with E-state index in [-0.39, 0.29) is 5.56 Å². The Kier molecular flexibility index (Phi) is 5.18. The van der Waals surface area contributed by atoms with Crippen LogP contribution in [0.25, 0.3) is 5.57 Å². The summed E-state index contributed by atoms with van der Waals surface area (Å²) in [5, 5.41) is 16.4. The molecule has 0 fully saturated rings. The van der Waals surface area contributed by atoms with Gasteiger partial charge in [0.1, 0.15) is 22.2 Å². The highest BCUT2D eigenvalue weighted by Crippen LogP contribution is 2.44. The van der Waals surface area contributed by atoms with Crippen molar-refractivity contribution in [1.82, 2.24) is 0 Å². The van der Waals surface area contributed by atoms with Crippen LogP contribution in [0.2, 0.25) is 13.1 Å². The van der Waals surface area contributed by atoms with Crippen LogP contribution in [0.15, 0.2) is 52.6 Å². The molecule has 1 aromatic heterocycles. The molecule has 0 saturated carbocycles. The van der Waals surface area contributed by atoms with Crippen LogP contribution in [-0.2, 0) is 0 Å². The summed E-state index contributed by atoms with van der Waals surface area (Å²) in [7, 11) is 6.18. The minimum Gasteiger partial charge on any atom is -0.545 e. The van der Waals surface area contributed by atoms with Crippen molar-refractivity contribution < 1.29 is 14.5 Å². The van der Waals surface area contributed by atoms with Gasteiger partial charge in [-0.05, 0) is 52.2 Å². The van der Waals surface area contributed by atoms with E-state index >= 15 is 0 Å². The number of thiophene rings is 1. The quantitative estimate of drug-likeness (QED) is 0.536. The number of carboxylic acids is 1. The number of allylic oxidation sites excluding steroid dienone is 5. The van der Waals surface area contributed by atoms with Crippen molar-refractivity contribution in [3.8, 4) is 0 Å². The molecule has 0 atom stereocenters. The number of aromatic carboxylic acids is 1. The Morgan fingerprint density at radius 3 is 2.48 bits per heavy atom. The van der Waals surface area contributed by atoms with Crippen molar-refractivity contribution >= 4 is 47.5 Å². The highest BCUT2D eigenvalue weighted by atomic mass is 32.1. The molecule has 1 aliphatic heterocycles. The molecule has 6 heteroatoms. The second-order valence-electron chi connectivity index (χ2n) is 9.12. The van der Waals surface area contributed by atoms with Gasteiger partial charge in [-0.3, -0.25) is 0 Å². The first kappa shape index (κ1) is 21.5. The van der Waals surface area contributed by atoms with E-state index in [1.807, 2.05) is 6.92 Å². The number of anilines is 1. The summed E-state index contributed by atoms with van der Waals surface area (Å²) in [5.41, 5.74) is 6.72. The molecule has 0 N–H and O–H groups in total. The van der Waals surface area contributed by atoms with Crippen LogP contribution in [0.1, 0.15) is 26.4 Å². The van der Waals surface area contributed by atoms with E-state index in [4.69, 9.17) is 0 Å². The number of rotatable bonds is 3. The van der Waals surface area contributed by atoms with Crippen LogP contribution in [-0.4, -0.2) is 52.5 Å². The highest BCUT2D eigenvalue weighted by molar-refractivity contribution is 7.10. The molecular formula is C25H28N2O2SSi. The molecule has 4 nitrogen and oxygen atoms in total. The fourth-order valence-electron chi connectivity index (χ4n) is 4.57. The summed E-state index contributed by atoms with van der Waals surface area (Å²) >= 11 is 1.47. The minimum absolute atomic E-state index is 0.282. The van der Waals surface area contributed by atoms with Crippen molar-refractivity contribution in [2.45, 2.75) is 20.0 Å². The van der Waals surface area contributed by atoms with Crippen molar-refractivity contribution in [3.63, 3.8) is 0 Å². The zero-order chi connectivity index (χ0) is 22.7. The largest absolute Gasteiger partial charge is 0.545 e. The number of aryl methyl sites for hydroxylation is 1. The maximum atomic E-state index is 12.0. The summed E-state index contributed by atoms with van der Waals surface area (Å²) in [6.45, 7) is 6.78. The maximum absolute atomic E-state index is 12.0. The Morgan fingerprint density at radius 1 is 1.16 bits per heavy atom. The van der Waals surface area contributed by atoms with Crippen LogP contribution in [0.4, 0.5) is 5.69 Å². The van der Waals surface area contributed by atoms with Crippen molar-refractivity contribution in [2.24, 2.45) is 0 Å². The zero-order valence-electron chi connectivity index (χ0n) is 19.2. The topological polar surface area (TPSA) is 46.4 Å². The smallest absolute Gasteiger partial charge is 0.199 e. The van der Waals surface area contributed by atoms with E-state index in [2.05, 4.69) is 87.2 Å². The molecule has 0 saturated heterocycles. The van der Waals surface area contributed by atoms with Crippen molar-refractivity contribution in [3.05, 3.63) is 74.1 Å². The summed E-state index contributed by atoms with van der Waals surface area (Å²) < 4.78 is 2.12. The van der Waals surface area contributed by atoms with Gasteiger partial charge < -0.3 is 14.8 Å². The van der Waals surface area contributed by atoms with Crippen molar-refractivity contribution in [2.75, 3.05) is 33.1 Å². The number of carbonyl (C=O) groups is 1. The Labute approximate surface area is 189 Å². The molecule has 0 bridgehead atoms. The fraction of sp³-hybridized carbons (Fsp3) is 0.280. The first-order valence-corrected chi connectivity index (χ1v) is 14.2. The Morgan fingerprint density at radius 2 is 1.87 bits per heavy atom. The molecule has 1 aliphatic carbocycles. The van der Waals surface area contributed by atoms with Gasteiger partial charge in [-0.15, -0.1) is 11.3 Å². The number of benzene rings is 1. The second kappa shape index (κ2) is 7.46. The summed E-state index contributed by atoms with van der Waals surface area (Å²) in [6.07, 6.45) is 6.60. The molecule has 0 unspecified atom stereocenters. The van der Waals surface area contributed by atoms with Gasteiger partial charge in [-0.1, -0.05) is 19.2 Å². The van der Waals surface area contributed by atoms with E-state index < -0.39 is 14.0 Å². The molecule has 4 rings (SSSR count). The van der Waals surface area contributed by atoms with Gasteiger partial charge in [-0.2, -0.15) is 0 Å². The van der Waals surface area contributed by atoms with E-state index in [1.165, 1.54) is 21.7 Å².